The fourth-order valence-electron chi connectivity index (χ4n) is 5.36. The second kappa shape index (κ2) is 15.9. The van der Waals surface area contributed by atoms with Crippen molar-refractivity contribution in [2.45, 2.75) is 63.5 Å². The molecule has 0 fully saturated rings. The zero-order valence-corrected chi connectivity index (χ0v) is 25.5. The SMILES string of the molecule is CC(CCc1ccc(O)cc1)NCC(C(=O)C(CNC(C)CCc1ccc(O)cc1)c1ccc(O)cc1)c1ccc(O)cc1. The van der Waals surface area contributed by atoms with Gasteiger partial charge in [0.15, 0.2) is 0 Å². The van der Waals surface area contributed by atoms with Gasteiger partial charge >= 0.3 is 0 Å². The molecule has 0 aliphatic rings. The maximum Gasteiger partial charge on any atom is 0.150 e. The van der Waals surface area contributed by atoms with E-state index < -0.39 is 11.8 Å². The Morgan fingerprint density at radius 3 is 1.14 bits per heavy atom. The minimum atomic E-state index is -0.459. The summed E-state index contributed by atoms with van der Waals surface area (Å²) >= 11 is 0. The number of hydrogen-bond donors (Lipinski definition) is 6. The first kappa shape index (κ1) is 32.6. The lowest BCUT2D eigenvalue weighted by Crippen LogP contribution is -2.39. The van der Waals surface area contributed by atoms with Gasteiger partial charge < -0.3 is 31.1 Å². The van der Waals surface area contributed by atoms with E-state index in [0.717, 1.165) is 47.9 Å². The molecule has 0 heterocycles. The lowest BCUT2D eigenvalue weighted by Gasteiger charge is -2.27. The van der Waals surface area contributed by atoms with Gasteiger partial charge in [0.05, 0.1) is 11.8 Å². The van der Waals surface area contributed by atoms with Crippen LogP contribution >= 0.6 is 0 Å². The average Bonchev–Trinajstić information content (AvgIpc) is 3.02. The molecule has 0 spiro atoms. The van der Waals surface area contributed by atoms with Gasteiger partial charge in [-0.1, -0.05) is 48.5 Å². The van der Waals surface area contributed by atoms with Gasteiger partial charge in [-0.25, -0.2) is 0 Å². The monoisotopic (exact) mass is 596 g/mol. The molecule has 4 aromatic rings. The van der Waals surface area contributed by atoms with Gasteiger partial charge in [-0.2, -0.15) is 0 Å². The number of aryl methyl sites for hydroxylation is 2. The van der Waals surface area contributed by atoms with E-state index in [2.05, 4.69) is 24.5 Å². The first-order chi connectivity index (χ1) is 21.2. The molecule has 0 radical (unpaired) electrons. The van der Waals surface area contributed by atoms with Crippen molar-refractivity contribution in [1.82, 2.24) is 10.6 Å². The van der Waals surface area contributed by atoms with Gasteiger partial charge in [0.2, 0.25) is 0 Å². The molecule has 0 amide bonds. The van der Waals surface area contributed by atoms with Crippen LogP contribution in [0.25, 0.3) is 0 Å². The van der Waals surface area contributed by atoms with Crippen molar-refractivity contribution in [2.24, 2.45) is 0 Å². The van der Waals surface area contributed by atoms with Gasteiger partial charge in [-0.3, -0.25) is 4.79 Å². The van der Waals surface area contributed by atoms with Crippen LogP contribution in [0.15, 0.2) is 97.1 Å². The molecule has 0 aliphatic carbocycles. The predicted octanol–water partition coefficient (Wildman–Crippen LogP) is 6.17. The van der Waals surface area contributed by atoms with Gasteiger partial charge in [0.1, 0.15) is 28.8 Å². The Balaban J connectivity index is 1.47. The van der Waals surface area contributed by atoms with Crippen molar-refractivity contribution in [1.29, 1.82) is 0 Å². The number of ketones is 1. The van der Waals surface area contributed by atoms with E-state index in [1.165, 1.54) is 0 Å². The van der Waals surface area contributed by atoms with E-state index in [4.69, 9.17) is 0 Å². The largest absolute Gasteiger partial charge is 0.508 e. The molecule has 4 unspecified atom stereocenters. The summed E-state index contributed by atoms with van der Waals surface area (Å²) in [5, 5.41) is 46.1. The molecular weight excluding hydrogens is 552 g/mol. The number of carbonyl (C=O) groups excluding carboxylic acids is 1. The van der Waals surface area contributed by atoms with Crippen molar-refractivity contribution >= 4 is 5.78 Å². The fourth-order valence-corrected chi connectivity index (χ4v) is 5.36. The Bertz CT molecular complexity index is 1330. The third-order valence-electron chi connectivity index (χ3n) is 8.22. The third kappa shape index (κ3) is 9.86. The number of benzene rings is 4. The molecule has 0 saturated carbocycles. The second-order valence-electron chi connectivity index (χ2n) is 11.7. The standard InChI is InChI=1S/C37H44N2O5/c1-25(3-5-27-7-15-31(40)16-8-27)38-23-35(29-11-19-33(42)20-12-29)37(44)36(30-13-21-34(43)22-14-30)24-39-26(2)4-6-28-9-17-32(41)18-10-28/h7-22,25-26,35-36,38-43H,3-6,23-24H2,1-2H3. The highest BCUT2D eigenvalue weighted by molar-refractivity contribution is 5.92. The Morgan fingerprint density at radius 1 is 0.523 bits per heavy atom. The van der Waals surface area contributed by atoms with Crippen LogP contribution in [0.2, 0.25) is 0 Å². The first-order valence-electron chi connectivity index (χ1n) is 15.3. The van der Waals surface area contributed by atoms with Crippen molar-refractivity contribution in [3.05, 3.63) is 119 Å². The molecule has 0 saturated heterocycles. The molecule has 6 N–H and O–H groups in total. The first-order valence-corrected chi connectivity index (χ1v) is 15.3. The molecule has 44 heavy (non-hydrogen) atoms. The number of phenolic OH excluding ortho intramolecular Hbond substituents is 4. The van der Waals surface area contributed by atoms with E-state index in [9.17, 15) is 25.2 Å². The zero-order valence-electron chi connectivity index (χ0n) is 25.5. The summed E-state index contributed by atoms with van der Waals surface area (Å²) in [5.74, 6) is -0.0694. The molecule has 4 rings (SSSR count). The Morgan fingerprint density at radius 2 is 0.818 bits per heavy atom. The minimum absolute atomic E-state index is 0.0536. The summed E-state index contributed by atoms with van der Waals surface area (Å²) in [6.07, 6.45) is 3.41. The van der Waals surface area contributed by atoms with Crippen LogP contribution in [-0.4, -0.2) is 51.4 Å². The van der Waals surface area contributed by atoms with Crippen LogP contribution < -0.4 is 10.6 Å². The number of phenols is 4. The van der Waals surface area contributed by atoms with Crippen LogP contribution in [0.4, 0.5) is 0 Å². The number of hydrogen-bond acceptors (Lipinski definition) is 7. The summed E-state index contributed by atoms with van der Waals surface area (Å²) < 4.78 is 0. The van der Waals surface area contributed by atoms with Crippen LogP contribution in [0.3, 0.4) is 0 Å². The molecule has 4 atom stereocenters. The van der Waals surface area contributed by atoms with Crippen LogP contribution in [0, 0.1) is 0 Å². The summed E-state index contributed by atoms with van der Waals surface area (Å²) in [4.78, 5) is 14.4. The maximum atomic E-state index is 14.4. The van der Waals surface area contributed by atoms with Gasteiger partial charge in [0, 0.05) is 25.2 Å². The topological polar surface area (TPSA) is 122 Å². The number of nitrogens with one attached hydrogen (secondary N) is 2. The predicted molar refractivity (Wildman–Crippen MR) is 174 cm³/mol. The second-order valence-corrected chi connectivity index (χ2v) is 11.7. The molecule has 7 nitrogen and oxygen atoms in total. The van der Waals surface area contributed by atoms with E-state index in [1.54, 1.807) is 48.5 Å². The summed E-state index contributed by atoms with van der Waals surface area (Å²) in [6.45, 7) is 5.08. The third-order valence-corrected chi connectivity index (χ3v) is 8.22. The van der Waals surface area contributed by atoms with Crippen molar-refractivity contribution in [3.8, 4) is 23.0 Å². The number of Topliss-reactive ketones (excluding diaryl/α,β-unsaturated/α-hetero) is 1. The summed E-state index contributed by atoms with van der Waals surface area (Å²) in [6, 6.07) is 28.4. The van der Waals surface area contributed by atoms with Crippen LogP contribution in [0.5, 0.6) is 23.0 Å². The highest BCUT2D eigenvalue weighted by Crippen LogP contribution is 2.29. The summed E-state index contributed by atoms with van der Waals surface area (Å²) in [7, 11) is 0. The van der Waals surface area contributed by atoms with Crippen molar-refractivity contribution in [3.63, 3.8) is 0 Å². The average molecular weight is 597 g/mol. The van der Waals surface area contributed by atoms with Crippen molar-refractivity contribution < 1.29 is 25.2 Å². The lowest BCUT2D eigenvalue weighted by molar-refractivity contribution is -0.121. The highest BCUT2D eigenvalue weighted by Gasteiger charge is 2.30. The molecule has 232 valence electrons. The molecule has 0 aliphatic heterocycles. The minimum Gasteiger partial charge on any atom is -0.508 e. The number of rotatable bonds is 16. The zero-order chi connectivity index (χ0) is 31.5. The van der Waals surface area contributed by atoms with Gasteiger partial charge in [-0.05, 0) is 110 Å². The quantitative estimate of drug-likeness (QED) is 0.0915. The van der Waals surface area contributed by atoms with Crippen molar-refractivity contribution in [2.75, 3.05) is 13.1 Å². The van der Waals surface area contributed by atoms with E-state index in [1.807, 2.05) is 48.5 Å². The van der Waals surface area contributed by atoms with E-state index in [-0.39, 0.29) is 40.9 Å². The molecule has 0 bridgehead atoms. The molecular formula is C37H44N2O5. The summed E-state index contributed by atoms with van der Waals surface area (Å²) in [5.41, 5.74) is 3.94. The van der Waals surface area contributed by atoms with Crippen LogP contribution in [0.1, 0.15) is 60.8 Å². The molecule has 0 aromatic heterocycles. The number of aromatic hydroxyl groups is 4. The molecule has 4 aromatic carbocycles. The van der Waals surface area contributed by atoms with E-state index in [0.29, 0.717) is 13.1 Å². The lowest BCUT2D eigenvalue weighted by atomic mass is 9.83. The van der Waals surface area contributed by atoms with E-state index >= 15 is 0 Å². The Hall–Kier alpha value is -4.33. The van der Waals surface area contributed by atoms with Gasteiger partial charge in [-0.15, -0.1) is 0 Å². The Labute approximate surface area is 260 Å². The smallest absolute Gasteiger partial charge is 0.150 e. The molecule has 7 heteroatoms. The normalized spacial score (nSPS) is 14.0. The van der Waals surface area contributed by atoms with Gasteiger partial charge in [0.25, 0.3) is 0 Å². The number of carbonyl (C=O) groups is 1. The Kier molecular flexibility index (Phi) is 11.8. The van der Waals surface area contributed by atoms with Crippen LogP contribution in [-0.2, 0) is 17.6 Å². The highest BCUT2D eigenvalue weighted by atomic mass is 16.3. The fraction of sp³-hybridized carbons (Fsp3) is 0.324. The maximum absolute atomic E-state index is 14.4.